The van der Waals surface area contributed by atoms with E-state index in [4.69, 9.17) is 4.74 Å². The molecule has 1 unspecified atom stereocenters. The first-order valence-corrected chi connectivity index (χ1v) is 11.9. The number of hydrogen-bond acceptors (Lipinski definition) is 4. The van der Waals surface area contributed by atoms with Gasteiger partial charge in [-0.3, -0.25) is 4.79 Å². The Balaban J connectivity index is 1.52. The molecule has 1 saturated heterocycles. The van der Waals surface area contributed by atoms with Crippen LogP contribution in [0, 0.1) is 13.8 Å². The summed E-state index contributed by atoms with van der Waals surface area (Å²) in [5, 5.41) is 2.88. The van der Waals surface area contributed by atoms with Crippen LogP contribution < -0.4 is 10.0 Å². The van der Waals surface area contributed by atoms with Gasteiger partial charge in [0, 0.05) is 25.3 Å². The molecule has 0 aromatic heterocycles. The lowest BCUT2D eigenvalue weighted by molar-refractivity contribution is 0.0953. The van der Waals surface area contributed by atoms with E-state index in [1.54, 1.807) is 12.1 Å². The van der Waals surface area contributed by atoms with Crippen LogP contribution in [0.1, 0.15) is 46.3 Å². The Labute approximate surface area is 179 Å². The van der Waals surface area contributed by atoms with Gasteiger partial charge in [0.05, 0.1) is 11.0 Å². The van der Waals surface area contributed by atoms with Crippen molar-refractivity contribution in [1.82, 2.24) is 10.0 Å². The molecule has 1 amide bonds. The van der Waals surface area contributed by atoms with Gasteiger partial charge in [-0.2, -0.15) is 0 Å². The number of hydrogen-bond donors (Lipinski definition) is 2. The van der Waals surface area contributed by atoms with E-state index in [2.05, 4.69) is 42.1 Å². The van der Waals surface area contributed by atoms with Gasteiger partial charge in [0.25, 0.3) is 5.91 Å². The van der Waals surface area contributed by atoms with Crippen LogP contribution in [0.4, 0.5) is 0 Å². The minimum atomic E-state index is -3.68. The Morgan fingerprint density at radius 3 is 2.73 bits per heavy atom. The fourth-order valence-electron chi connectivity index (χ4n) is 3.60. The minimum Gasteiger partial charge on any atom is -0.377 e. The lowest BCUT2D eigenvalue weighted by atomic mass is 10.0. The van der Waals surface area contributed by atoms with E-state index in [9.17, 15) is 13.2 Å². The first kappa shape index (κ1) is 22.5. The zero-order valence-corrected chi connectivity index (χ0v) is 18.4. The van der Waals surface area contributed by atoms with E-state index >= 15 is 0 Å². The summed E-state index contributed by atoms with van der Waals surface area (Å²) in [5.41, 5.74) is 4.11. The largest absolute Gasteiger partial charge is 0.377 e. The van der Waals surface area contributed by atoms with Crippen molar-refractivity contribution in [3.05, 3.63) is 64.7 Å². The summed E-state index contributed by atoms with van der Waals surface area (Å²) in [4.78, 5) is 12.6. The zero-order chi connectivity index (χ0) is 21.6. The van der Waals surface area contributed by atoms with Crippen molar-refractivity contribution in [1.29, 1.82) is 0 Å². The van der Waals surface area contributed by atoms with Crippen LogP contribution in [0.15, 0.2) is 47.4 Å². The third-order valence-electron chi connectivity index (χ3n) is 5.34. The van der Waals surface area contributed by atoms with Crippen LogP contribution in [0.5, 0.6) is 0 Å². The molecule has 0 radical (unpaired) electrons. The molecule has 0 aliphatic carbocycles. The lowest BCUT2D eigenvalue weighted by Gasteiger charge is -2.12. The molecule has 6 nitrogen and oxygen atoms in total. The second-order valence-electron chi connectivity index (χ2n) is 7.80. The summed E-state index contributed by atoms with van der Waals surface area (Å²) in [6, 6.07) is 12.5. The van der Waals surface area contributed by atoms with Crippen molar-refractivity contribution in [3.8, 4) is 0 Å². The van der Waals surface area contributed by atoms with Crippen LogP contribution in [0.3, 0.4) is 0 Å². The molecule has 2 N–H and O–H groups in total. The van der Waals surface area contributed by atoms with E-state index in [0.29, 0.717) is 18.7 Å². The van der Waals surface area contributed by atoms with Gasteiger partial charge < -0.3 is 10.1 Å². The van der Waals surface area contributed by atoms with Gasteiger partial charge in [-0.05, 0) is 68.9 Å². The highest BCUT2D eigenvalue weighted by Gasteiger charge is 2.21. The SMILES string of the molecule is Cc1ccc(CCCNC(=O)c2cccc(S(=O)(=O)NCC3CCCO3)c2)c(C)c1. The molecular weight excluding hydrogens is 400 g/mol. The molecule has 0 bridgehead atoms. The molecule has 30 heavy (non-hydrogen) atoms. The Bertz CT molecular complexity index is 982. The number of sulfonamides is 1. The first-order chi connectivity index (χ1) is 14.3. The van der Waals surface area contributed by atoms with E-state index in [0.717, 1.165) is 25.7 Å². The molecular formula is C23H30N2O4S. The molecule has 162 valence electrons. The van der Waals surface area contributed by atoms with Crippen LogP contribution in [0.2, 0.25) is 0 Å². The quantitative estimate of drug-likeness (QED) is 0.599. The van der Waals surface area contributed by atoms with Crippen LogP contribution in [-0.2, 0) is 21.2 Å². The summed E-state index contributed by atoms with van der Waals surface area (Å²) in [6.07, 6.45) is 3.42. The summed E-state index contributed by atoms with van der Waals surface area (Å²) in [6.45, 7) is 5.62. The van der Waals surface area contributed by atoms with Gasteiger partial charge in [-0.25, -0.2) is 13.1 Å². The summed E-state index contributed by atoms with van der Waals surface area (Å²) in [5.74, 6) is -0.271. The van der Waals surface area contributed by atoms with E-state index in [1.165, 1.54) is 28.8 Å². The number of aryl methyl sites for hydroxylation is 3. The third-order valence-corrected chi connectivity index (χ3v) is 6.76. The maximum atomic E-state index is 12.5. The van der Waals surface area contributed by atoms with Gasteiger partial charge in [0.15, 0.2) is 0 Å². The fourth-order valence-corrected chi connectivity index (χ4v) is 4.72. The highest BCUT2D eigenvalue weighted by molar-refractivity contribution is 7.89. The number of ether oxygens (including phenoxy) is 1. The Hall–Kier alpha value is -2.22. The third kappa shape index (κ3) is 6.14. The van der Waals surface area contributed by atoms with Gasteiger partial charge in [0.1, 0.15) is 0 Å². The molecule has 1 atom stereocenters. The van der Waals surface area contributed by atoms with Crippen molar-refractivity contribution in [2.45, 2.75) is 50.5 Å². The van der Waals surface area contributed by atoms with E-state index in [-0.39, 0.29) is 23.5 Å². The minimum absolute atomic E-state index is 0.0802. The second-order valence-corrected chi connectivity index (χ2v) is 9.57. The molecule has 1 fully saturated rings. The molecule has 1 aliphatic heterocycles. The number of benzene rings is 2. The molecule has 7 heteroatoms. The van der Waals surface area contributed by atoms with Crippen molar-refractivity contribution < 1.29 is 17.9 Å². The lowest BCUT2D eigenvalue weighted by Crippen LogP contribution is -2.32. The van der Waals surface area contributed by atoms with Crippen molar-refractivity contribution in [3.63, 3.8) is 0 Å². The van der Waals surface area contributed by atoms with Crippen molar-refractivity contribution in [2.75, 3.05) is 19.7 Å². The molecule has 2 aromatic rings. The van der Waals surface area contributed by atoms with Gasteiger partial charge in [0.2, 0.25) is 10.0 Å². The average Bonchev–Trinajstić information content (AvgIpc) is 3.25. The molecule has 0 saturated carbocycles. The average molecular weight is 431 g/mol. The maximum absolute atomic E-state index is 12.5. The predicted molar refractivity (Wildman–Crippen MR) is 117 cm³/mol. The number of rotatable bonds is 9. The summed E-state index contributed by atoms with van der Waals surface area (Å²) >= 11 is 0. The second kappa shape index (κ2) is 10.2. The van der Waals surface area contributed by atoms with Crippen molar-refractivity contribution >= 4 is 15.9 Å². The monoisotopic (exact) mass is 430 g/mol. The normalized spacial score (nSPS) is 16.5. The number of nitrogens with one attached hydrogen (secondary N) is 2. The molecule has 0 spiro atoms. The Morgan fingerprint density at radius 1 is 1.17 bits per heavy atom. The summed E-state index contributed by atoms with van der Waals surface area (Å²) < 4.78 is 33.1. The number of carbonyl (C=O) groups is 1. The highest BCUT2D eigenvalue weighted by Crippen LogP contribution is 2.15. The van der Waals surface area contributed by atoms with Gasteiger partial charge >= 0.3 is 0 Å². The van der Waals surface area contributed by atoms with Gasteiger partial charge in [-0.1, -0.05) is 29.8 Å². The van der Waals surface area contributed by atoms with E-state index < -0.39 is 10.0 Å². The number of carbonyl (C=O) groups excluding carboxylic acids is 1. The molecule has 1 heterocycles. The van der Waals surface area contributed by atoms with Crippen LogP contribution in [0.25, 0.3) is 0 Å². The summed E-state index contributed by atoms with van der Waals surface area (Å²) in [7, 11) is -3.68. The molecule has 2 aromatic carbocycles. The van der Waals surface area contributed by atoms with E-state index in [1.807, 2.05) is 0 Å². The number of amides is 1. The van der Waals surface area contributed by atoms with Gasteiger partial charge in [-0.15, -0.1) is 0 Å². The van der Waals surface area contributed by atoms with Crippen LogP contribution in [-0.4, -0.2) is 40.1 Å². The zero-order valence-electron chi connectivity index (χ0n) is 17.6. The fraction of sp³-hybridized carbons (Fsp3) is 0.435. The highest BCUT2D eigenvalue weighted by atomic mass is 32.2. The van der Waals surface area contributed by atoms with Crippen molar-refractivity contribution in [2.24, 2.45) is 0 Å². The smallest absolute Gasteiger partial charge is 0.251 e. The standard InChI is InChI=1S/C23H30N2O4S/c1-17-10-11-19(18(2)14-17)7-4-12-24-23(26)20-6-3-9-22(15-20)30(27,28)25-16-21-8-5-13-29-21/h3,6,9-11,14-15,21,25H,4-5,7-8,12-13,16H2,1-2H3,(H,24,26). The van der Waals surface area contributed by atoms with Crippen LogP contribution >= 0.6 is 0 Å². The molecule has 1 aliphatic rings. The Kier molecular flexibility index (Phi) is 7.64. The maximum Gasteiger partial charge on any atom is 0.251 e. The topological polar surface area (TPSA) is 84.5 Å². The molecule has 3 rings (SSSR count). The first-order valence-electron chi connectivity index (χ1n) is 10.4. The Morgan fingerprint density at radius 2 is 2.00 bits per heavy atom. The predicted octanol–water partition coefficient (Wildman–Crippen LogP) is 3.12.